The van der Waals surface area contributed by atoms with Crippen LogP contribution in [0.25, 0.3) is 0 Å². The lowest BCUT2D eigenvalue weighted by atomic mass is 9.83. The van der Waals surface area contributed by atoms with Crippen LogP contribution in [-0.4, -0.2) is 21.7 Å². The van der Waals surface area contributed by atoms with E-state index in [1.54, 1.807) is 0 Å². The van der Waals surface area contributed by atoms with Gasteiger partial charge in [-0.2, -0.15) is 5.10 Å². The summed E-state index contributed by atoms with van der Waals surface area (Å²) in [5.74, 6) is 0.979. The predicted molar refractivity (Wildman–Crippen MR) is 82.1 cm³/mol. The third-order valence-electron chi connectivity index (χ3n) is 4.41. The van der Waals surface area contributed by atoms with Gasteiger partial charge in [-0.15, -0.1) is 0 Å². The predicted octanol–water partition coefficient (Wildman–Crippen LogP) is 4.15. The van der Waals surface area contributed by atoms with Gasteiger partial charge in [-0.1, -0.05) is 41.6 Å². The number of halogens is 1. The molecule has 0 aromatic carbocycles. The summed E-state index contributed by atoms with van der Waals surface area (Å²) in [5.41, 5.74) is 2.43. The van der Waals surface area contributed by atoms with Crippen molar-refractivity contribution < 1.29 is 4.74 Å². The van der Waals surface area contributed by atoms with E-state index in [-0.39, 0.29) is 0 Å². The van der Waals surface area contributed by atoms with Gasteiger partial charge in [0.05, 0.1) is 12.3 Å². The molecule has 0 bridgehead atoms. The van der Waals surface area contributed by atoms with Gasteiger partial charge in [0.25, 0.3) is 0 Å². The van der Waals surface area contributed by atoms with Gasteiger partial charge < -0.3 is 4.74 Å². The van der Waals surface area contributed by atoms with Crippen LogP contribution in [0.2, 0.25) is 0 Å². The number of aromatic nitrogens is 2. The molecular weight excluding hydrogens is 304 g/mol. The average Bonchev–Trinajstić information content (AvgIpc) is 2.61. The Bertz CT molecular complexity index is 420. The van der Waals surface area contributed by atoms with Gasteiger partial charge in [-0.25, -0.2) is 0 Å². The number of rotatable bonds is 4. The number of alkyl halides is 1. The maximum Gasteiger partial charge on any atom is 0.162 e. The summed E-state index contributed by atoms with van der Waals surface area (Å²) < 4.78 is 8.07. The number of hydrogen-bond donors (Lipinski definition) is 0. The van der Waals surface area contributed by atoms with Crippen LogP contribution in [-0.2, 0) is 7.05 Å². The highest BCUT2D eigenvalue weighted by Crippen LogP contribution is 2.37. The topological polar surface area (TPSA) is 27.1 Å². The SMILES string of the molecule is Cc1nn(C)c(C)c1OCC1(CBr)CCCCCC1. The maximum absolute atomic E-state index is 6.16. The second-order valence-electron chi connectivity index (χ2n) is 5.96. The lowest BCUT2D eigenvalue weighted by Crippen LogP contribution is -2.30. The summed E-state index contributed by atoms with van der Waals surface area (Å²) in [4.78, 5) is 0. The lowest BCUT2D eigenvalue weighted by molar-refractivity contribution is 0.147. The van der Waals surface area contributed by atoms with E-state index in [0.717, 1.165) is 29.1 Å². The number of nitrogens with zero attached hydrogens (tertiary/aromatic N) is 2. The molecule has 1 heterocycles. The summed E-state index contributed by atoms with van der Waals surface area (Å²) in [6.07, 6.45) is 7.96. The molecule has 0 radical (unpaired) electrons. The molecule has 0 unspecified atom stereocenters. The van der Waals surface area contributed by atoms with Crippen LogP contribution in [0.3, 0.4) is 0 Å². The molecule has 0 N–H and O–H groups in total. The molecule has 3 nitrogen and oxygen atoms in total. The van der Waals surface area contributed by atoms with Crippen molar-refractivity contribution >= 4 is 15.9 Å². The molecule has 1 aromatic rings. The van der Waals surface area contributed by atoms with Crippen molar-refractivity contribution in [2.75, 3.05) is 11.9 Å². The number of ether oxygens (including phenoxy) is 1. The summed E-state index contributed by atoms with van der Waals surface area (Å²) in [6, 6.07) is 0. The Kier molecular flexibility index (Phi) is 4.93. The Balaban J connectivity index is 2.06. The van der Waals surface area contributed by atoms with Crippen molar-refractivity contribution in [3.8, 4) is 5.75 Å². The van der Waals surface area contributed by atoms with Crippen molar-refractivity contribution in [2.24, 2.45) is 12.5 Å². The minimum atomic E-state index is 0.311. The zero-order valence-electron chi connectivity index (χ0n) is 12.3. The third kappa shape index (κ3) is 3.33. The first-order valence-electron chi connectivity index (χ1n) is 7.27. The second-order valence-corrected chi connectivity index (χ2v) is 6.52. The van der Waals surface area contributed by atoms with Crippen molar-refractivity contribution in [2.45, 2.75) is 52.4 Å². The van der Waals surface area contributed by atoms with Crippen LogP contribution in [0, 0.1) is 19.3 Å². The van der Waals surface area contributed by atoms with E-state index in [4.69, 9.17) is 4.74 Å². The Morgan fingerprint density at radius 1 is 1.21 bits per heavy atom. The summed E-state index contributed by atoms with van der Waals surface area (Å²) in [7, 11) is 1.97. The van der Waals surface area contributed by atoms with Gasteiger partial charge in [-0.05, 0) is 26.7 Å². The van der Waals surface area contributed by atoms with Gasteiger partial charge in [0.15, 0.2) is 5.75 Å². The molecule has 1 aliphatic rings. The zero-order chi connectivity index (χ0) is 13.9. The van der Waals surface area contributed by atoms with Crippen LogP contribution in [0.1, 0.15) is 49.9 Å². The molecule has 0 spiro atoms. The molecule has 1 aromatic heterocycles. The highest BCUT2D eigenvalue weighted by atomic mass is 79.9. The normalized spacial score (nSPS) is 19.2. The molecule has 0 atom stereocenters. The van der Waals surface area contributed by atoms with Crippen molar-refractivity contribution in [1.82, 2.24) is 9.78 Å². The van der Waals surface area contributed by atoms with Crippen LogP contribution in [0.4, 0.5) is 0 Å². The van der Waals surface area contributed by atoms with E-state index in [1.807, 2.05) is 18.7 Å². The summed E-state index contributed by atoms with van der Waals surface area (Å²) in [6.45, 7) is 4.91. The zero-order valence-corrected chi connectivity index (χ0v) is 13.9. The molecule has 2 rings (SSSR count). The molecule has 4 heteroatoms. The van der Waals surface area contributed by atoms with Crippen LogP contribution < -0.4 is 4.74 Å². The van der Waals surface area contributed by atoms with Gasteiger partial charge in [0.1, 0.15) is 5.69 Å². The first-order valence-corrected chi connectivity index (χ1v) is 8.39. The first-order chi connectivity index (χ1) is 9.08. The minimum absolute atomic E-state index is 0.311. The number of hydrogen-bond acceptors (Lipinski definition) is 2. The second kappa shape index (κ2) is 6.29. The quantitative estimate of drug-likeness (QED) is 0.613. The standard InChI is InChI=1S/C15H25BrN2O/c1-12-14(13(2)18(3)17-12)19-11-15(10-16)8-6-4-5-7-9-15/h4-11H2,1-3H3. The van der Waals surface area contributed by atoms with Gasteiger partial charge in [0, 0.05) is 17.8 Å². The molecular formula is C15H25BrN2O. The molecule has 0 saturated heterocycles. The van der Waals surface area contributed by atoms with E-state index >= 15 is 0 Å². The average molecular weight is 329 g/mol. The van der Waals surface area contributed by atoms with Gasteiger partial charge in [-0.3, -0.25) is 4.68 Å². The van der Waals surface area contributed by atoms with Crippen LogP contribution in [0.15, 0.2) is 0 Å². The van der Waals surface area contributed by atoms with E-state index in [9.17, 15) is 0 Å². The number of aryl methyl sites for hydroxylation is 2. The van der Waals surface area contributed by atoms with E-state index in [2.05, 4.69) is 28.0 Å². The molecule has 1 aliphatic carbocycles. The van der Waals surface area contributed by atoms with E-state index < -0.39 is 0 Å². The van der Waals surface area contributed by atoms with E-state index in [1.165, 1.54) is 38.5 Å². The Morgan fingerprint density at radius 3 is 2.32 bits per heavy atom. The highest BCUT2D eigenvalue weighted by molar-refractivity contribution is 9.09. The van der Waals surface area contributed by atoms with Gasteiger partial charge in [0.2, 0.25) is 0 Å². The fraction of sp³-hybridized carbons (Fsp3) is 0.800. The van der Waals surface area contributed by atoms with Crippen LogP contribution in [0.5, 0.6) is 5.75 Å². The third-order valence-corrected chi connectivity index (χ3v) is 5.60. The minimum Gasteiger partial charge on any atom is -0.489 e. The Hall–Kier alpha value is -0.510. The van der Waals surface area contributed by atoms with Crippen molar-refractivity contribution in [1.29, 1.82) is 0 Å². The largest absolute Gasteiger partial charge is 0.489 e. The molecule has 0 amide bonds. The van der Waals surface area contributed by atoms with Crippen molar-refractivity contribution in [3.05, 3.63) is 11.4 Å². The summed E-state index contributed by atoms with van der Waals surface area (Å²) in [5, 5.41) is 5.46. The molecule has 108 valence electrons. The molecule has 1 saturated carbocycles. The Morgan fingerprint density at radius 2 is 1.84 bits per heavy atom. The lowest BCUT2D eigenvalue weighted by Gasteiger charge is -2.30. The summed E-state index contributed by atoms with van der Waals surface area (Å²) >= 11 is 3.72. The van der Waals surface area contributed by atoms with Crippen LogP contribution >= 0.6 is 15.9 Å². The molecule has 1 fully saturated rings. The fourth-order valence-electron chi connectivity index (χ4n) is 2.98. The fourth-order valence-corrected chi connectivity index (χ4v) is 3.71. The van der Waals surface area contributed by atoms with E-state index in [0.29, 0.717) is 5.41 Å². The Labute approximate surface area is 124 Å². The van der Waals surface area contributed by atoms with Gasteiger partial charge >= 0.3 is 0 Å². The van der Waals surface area contributed by atoms with Crippen molar-refractivity contribution in [3.63, 3.8) is 0 Å². The monoisotopic (exact) mass is 328 g/mol. The molecule has 0 aliphatic heterocycles. The first kappa shape index (κ1) is 14.9. The highest BCUT2D eigenvalue weighted by Gasteiger charge is 2.31. The molecule has 19 heavy (non-hydrogen) atoms. The maximum atomic E-state index is 6.16. The smallest absolute Gasteiger partial charge is 0.162 e.